The topological polar surface area (TPSA) is 77.2 Å². The molecule has 6 nitrogen and oxygen atoms in total. The van der Waals surface area contributed by atoms with Crippen LogP contribution < -0.4 is 0 Å². The smallest absolute Gasteiger partial charge is 0.358 e. The van der Waals surface area contributed by atoms with Gasteiger partial charge in [-0.25, -0.2) is 9.48 Å². The zero-order valence-electron chi connectivity index (χ0n) is 10.7. The molecule has 1 aromatic rings. The maximum atomic E-state index is 11.0. The summed E-state index contributed by atoms with van der Waals surface area (Å²) in [6.07, 6.45) is 0.642. The fraction of sp³-hybridized carbons (Fsp3) is 0.727. The van der Waals surface area contributed by atoms with E-state index < -0.39 is 5.97 Å². The number of carboxylic acids is 1. The second-order valence-electron chi connectivity index (χ2n) is 4.54. The minimum Gasteiger partial charge on any atom is -0.476 e. The molecule has 17 heavy (non-hydrogen) atoms. The third-order valence-corrected chi connectivity index (χ3v) is 2.42. The van der Waals surface area contributed by atoms with Crippen LogP contribution in [0.25, 0.3) is 0 Å². The second kappa shape index (κ2) is 5.77. The first-order chi connectivity index (χ1) is 7.97. The van der Waals surface area contributed by atoms with Gasteiger partial charge in [0, 0.05) is 7.11 Å². The number of hydrogen-bond acceptors (Lipinski definition) is 4. The molecule has 6 heteroatoms. The van der Waals surface area contributed by atoms with Gasteiger partial charge in [0.05, 0.1) is 18.3 Å². The zero-order chi connectivity index (χ0) is 13.0. The average Bonchev–Trinajstić information content (AvgIpc) is 2.60. The maximum Gasteiger partial charge on any atom is 0.358 e. The molecule has 0 bridgehead atoms. The highest BCUT2D eigenvalue weighted by molar-refractivity contribution is 5.86. The monoisotopic (exact) mass is 241 g/mol. The fourth-order valence-electron chi connectivity index (χ4n) is 1.72. The molecular formula is C11H19N3O3. The molecule has 1 N–H and O–H groups in total. The van der Waals surface area contributed by atoms with Crippen LogP contribution in [0.4, 0.5) is 0 Å². The van der Waals surface area contributed by atoms with Crippen LogP contribution in [0.1, 0.15) is 43.0 Å². The van der Waals surface area contributed by atoms with Gasteiger partial charge in [0.15, 0.2) is 5.69 Å². The number of ether oxygens (including phenoxy) is 1. The van der Waals surface area contributed by atoms with Crippen molar-refractivity contribution >= 4 is 5.97 Å². The number of rotatable bonds is 6. The summed E-state index contributed by atoms with van der Waals surface area (Å²) in [7, 11) is 1.60. The van der Waals surface area contributed by atoms with Gasteiger partial charge in [0.1, 0.15) is 0 Å². The highest BCUT2D eigenvalue weighted by Crippen LogP contribution is 2.16. The molecule has 1 heterocycles. The molecule has 1 unspecified atom stereocenters. The van der Waals surface area contributed by atoms with Crippen LogP contribution in [0.2, 0.25) is 0 Å². The number of hydrogen-bond donors (Lipinski definition) is 1. The van der Waals surface area contributed by atoms with Gasteiger partial charge in [-0.05, 0) is 19.3 Å². The van der Waals surface area contributed by atoms with Gasteiger partial charge in [0.25, 0.3) is 0 Å². The molecule has 1 atom stereocenters. The lowest BCUT2D eigenvalue weighted by atomic mass is 10.1. The molecule has 0 amide bonds. The van der Waals surface area contributed by atoms with Gasteiger partial charge in [0.2, 0.25) is 0 Å². The molecule has 0 saturated heterocycles. The minimum atomic E-state index is -1.03. The number of methoxy groups -OCH3 is 1. The Morgan fingerprint density at radius 2 is 2.12 bits per heavy atom. The van der Waals surface area contributed by atoms with Crippen molar-refractivity contribution in [1.82, 2.24) is 15.0 Å². The molecule has 0 saturated carbocycles. The molecule has 0 aliphatic rings. The molecule has 0 aliphatic heterocycles. The zero-order valence-corrected chi connectivity index (χ0v) is 10.7. The summed E-state index contributed by atoms with van der Waals surface area (Å²) in [5.41, 5.74) is 0.707. The van der Waals surface area contributed by atoms with Crippen molar-refractivity contribution in [2.75, 3.05) is 13.7 Å². The summed E-state index contributed by atoms with van der Waals surface area (Å²) in [6.45, 7) is 6.47. The van der Waals surface area contributed by atoms with Crippen molar-refractivity contribution in [3.63, 3.8) is 0 Å². The van der Waals surface area contributed by atoms with Gasteiger partial charge in [-0.2, -0.15) is 0 Å². The molecule has 0 aliphatic carbocycles. The van der Waals surface area contributed by atoms with E-state index >= 15 is 0 Å². The summed E-state index contributed by atoms with van der Waals surface area (Å²) in [4.78, 5) is 11.0. The van der Waals surface area contributed by atoms with Crippen LogP contribution in [-0.4, -0.2) is 39.8 Å². The van der Waals surface area contributed by atoms with E-state index in [2.05, 4.69) is 10.3 Å². The van der Waals surface area contributed by atoms with Crippen molar-refractivity contribution in [1.29, 1.82) is 0 Å². The van der Waals surface area contributed by atoms with Crippen molar-refractivity contribution < 1.29 is 14.6 Å². The van der Waals surface area contributed by atoms with Crippen molar-refractivity contribution in [3.8, 4) is 0 Å². The lowest BCUT2D eigenvalue weighted by molar-refractivity contribution is 0.0688. The summed E-state index contributed by atoms with van der Waals surface area (Å²) in [5.74, 6) is -0.684. The Hall–Kier alpha value is -1.43. The molecule has 0 radical (unpaired) electrons. The third-order valence-electron chi connectivity index (χ3n) is 2.42. The SMILES string of the molecule is COCC(C)n1nnc(C(=O)O)c1CC(C)C. The highest BCUT2D eigenvalue weighted by atomic mass is 16.5. The van der Waals surface area contributed by atoms with Gasteiger partial charge in [-0.15, -0.1) is 5.10 Å². The van der Waals surface area contributed by atoms with Gasteiger partial charge in [-0.1, -0.05) is 19.1 Å². The maximum absolute atomic E-state index is 11.0. The quantitative estimate of drug-likeness (QED) is 0.814. The van der Waals surface area contributed by atoms with Crippen LogP contribution >= 0.6 is 0 Å². The van der Waals surface area contributed by atoms with Gasteiger partial charge < -0.3 is 9.84 Å². The molecular weight excluding hydrogens is 222 g/mol. The first-order valence-electron chi connectivity index (χ1n) is 5.63. The lowest BCUT2D eigenvalue weighted by Crippen LogP contribution is -2.17. The Bertz CT molecular complexity index is 387. The molecule has 0 spiro atoms. The number of carboxylic acid groups (broad SMARTS) is 1. The van der Waals surface area contributed by atoms with E-state index in [-0.39, 0.29) is 11.7 Å². The van der Waals surface area contributed by atoms with E-state index in [1.165, 1.54) is 0 Å². The Balaban J connectivity index is 3.08. The van der Waals surface area contributed by atoms with E-state index in [0.29, 0.717) is 24.6 Å². The number of carbonyl (C=O) groups is 1. The Morgan fingerprint density at radius 1 is 1.47 bits per heavy atom. The van der Waals surface area contributed by atoms with Crippen LogP contribution in [0.5, 0.6) is 0 Å². The van der Waals surface area contributed by atoms with Crippen LogP contribution in [-0.2, 0) is 11.2 Å². The van der Waals surface area contributed by atoms with Crippen LogP contribution in [0, 0.1) is 5.92 Å². The first-order valence-corrected chi connectivity index (χ1v) is 5.63. The highest BCUT2D eigenvalue weighted by Gasteiger charge is 2.22. The molecule has 1 aromatic heterocycles. The summed E-state index contributed by atoms with van der Waals surface area (Å²) >= 11 is 0. The normalized spacial score (nSPS) is 13.0. The van der Waals surface area contributed by atoms with E-state index in [4.69, 9.17) is 9.84 Å². The standard InChI is InChI=1S/C11H19N3O3/c1-7(2)5-9-10(11(15)16)12-13-14(9)8(3)6-17-4/h7-8H,5-6H2,1-4H3,(H,15,16). The third kappa shape index (κ3) is 3.26. The predicted molar refractivity (Wildman–Crippen MR) is 62.1 cm³/mol. The van der Waals surface area contributed by atoms with Crippen LogP contribution in [0.15, 0.2) is 0 Å². The van der Waals surface area contributed by atoms with Crippen LogP contribution in [0.3, 0.4) is 0 Å². The first kappa shape index (κ1) is 13.6. The number of aromatic nitrogens is 3. The molecule has 96 valence electrons. The molecule has 0 fully saturated rings. The Kier molecular flexibility index (Phi) is 4.62. The summed E-state index contributed by atoms with van der Waals surface area (Å²) < 4.78 is 6.70. The van der Waals surface area contributed by atoms with E-state index in [1.807, 2.05) is 20.8 Å². The number of aromatic carboxylic acids is 1. The van der Waals surface area contributed by atoms with E-state index in [1.54, 1.807) is 11.8 Å². The van der Waals surface area contributed by atoms with Gasteiger partial charge >= 0.3 is 5.97 Å². The van der Waals surface area contributed by atoms with E-state index in [9.17, 15) is 4.79 Å². The second-order valence-corrected chi connectivity index (χ2v) is 4.54. The van der Waals surface area contributed by atoms with Crippen molar-refractivity contribution in [2.24, 2.45) is 5.92 Å². The largest absolute Gasteiger partial charge is 0.476 e. The Morgan fingerprint density at radius 3 is 2.59 bits per heavy atom. The minimum absolute atomic E-state index is 0.0191. The van der Waals surface area contributed by atoms with Crippen molar-refractivity contribution in [2.45, 2.75) is 33.2 Å². The summed E-state index contributed by atoms with van der Waals surface area (Å²) in [5, 5.41) is 16.7. The predicted octanol–water partition coefficient (Wildman–Crippen LogP) is 1.38. The van der Waals surface area contributed by atoms with Crippen molar-refractivity contribution in [3.05, 3.63) is 11.4 Å². The number of nitrogens with zero attached hydrogens (tertiary/aromatic N) is 3. The molecule has 0 aromatic carbocycles. The summed E-state index contributed by atoms with van der Waals surface area (Å²) in [6, 6.07) is -0.0191. The Labute approximate surface area is 101 Å². The van der Waals surface area contributed by atoms with E-state index in [0.717, 1.165) is 0 Å². The molecule has 1 rings (SSSR count). The van der Waals surface area contributed by atoms with Gasteiger partial charge in [-0.3, -0.25) is 0 Å². The average molecular weight is 241 g/mol. The lowest BCUT2D eigenvalue weighted by Gasteiger charge is -2.15. The fourth-order valence-corrected chi connectivity index (χ4v) is 1.72.